The molecular weight excluding hydrogens is 264 g/mol. The number of thiazole rings is 1. The van der Waals surface area contributed by atoms with Gasteiger partial charge >= 0.3 is 5.69 Å². The summed E-state index contributed by atoms with van der Waals surface area (Å²) in [5, 5.41) is 25.7. The molecular formula is C12H10N4O2S. The molecule has 1 heterocycles. The molecule has 2 rings (SSSR count). The van der Waals surface area contributed by atoms with Crippen molar-refractivity contribution >= 4 is 22.7 Å². The van der Waals surface area contributed by atoms with Crippen LogP contribution in [0.25, 0.3) is 0 Å². The van der Waals surface area contributed by atoms with E-state index in [0.29, 0.717) is 12.2 Å². The van der Waals surface area contributed by atoms with Crippen molar-refractivity contribution in [2.75, 3.05) is 5.32 Å². The maximum atomic E-state index is 11.0. The lowest BCUT2D eigenvalue weighted by atomic mass is 10.1. The smallest absolute Gasteiger partial charge is 0.309 e. The standard InChI is InChI=1S/C12H10N4O2S/c1-8-15-10(7-19-8)6-14-11-4-2-3-9(5-13)12(11)16(17)18/h2-4,7,14H,6H2,1H3. The van der Waals surface area contributed by atoms with Gasteiger partial charge in [0.1, 0.15) is 17.3 Å². The minimum atomic E-state index is -0.548. The monoisotopic (exact) mass is 274 g/mol. The average Bonchev–Trinajstić information content (AvgIpc) is 2.81. The largest absolute Gasteiger partial charge is 0.374 e. The molecule has 0 aliphatic rings. The van der Waals surface area contributed by atoms with E-state index in [-0.39, 0.29) is 11.3 Å². The van der Waals surface area contributed by atoms with Gasteiger partial charge in [0.2, 0.25) is 0 Å². The molecule has 0 saturated heterocycles. The molecule has 0 radical (unpaired) electrons. The molecule has 0 bridgehead atoms. The quantitative estimate of drug-likeness (QED) is 0.683. The molecule has 0 spiro atoms. The highest BCUT2D eigenvalue weighted by atomic mass is 32.1. The summed E-state index contributed by atoms with van der Waals surface area (Å²) in [6.07, 6.45) is 0. The molecule has 7 heteroatoms. The molecule has 96 valence electrons. The second kappa shape index (κ2) is 5.46. The zero-order valence-corrected chi connectivity index (χ0v) is 10.9. The van der Waals surface area contributed by atoms with Crippen LogP contribution in [0.3, 0.4) is 0 Å². The van der Waals surface area contributed by atoms with Gasteiger partial charge in [0.15, 0.2) is 0 Å². The second-order valence-corrected chi connectivity index (χ2v) is 4.84. The normalized spacial score (nSPS) is 9.89. The Hall–Kier alpha value is -2.46. The number of nitrogens with one attached hydrogen (secondary N) is 1. The van der Waals surface area contributed by atoms with Gasteiger partial charge in [-0.05, 0) is 19.1 Å². The SMILES string of the molecule is Cc1nc(CNc2cccc(C#N)c2[N+](=O)[O-])cs1. The average molecular weight is 274 g/mol. The summed E-state index contributed by atoms with van der Waals surface area (Å²) >= 11 is 1.52. The summed E-state index contributed by atoms with van der Waals surface area (Å²) in [6.45, 7) is 2.28. The molecule has 0 aliphatic heterocycles. The van der Waals surface area contributed by atoms with Crippen LogP contribution in [0.1, 0.15) is 16.3 Å². The van der Waals surface area contributed by atoms with Crippen molar-refractivity contribution in [3.63, 3.8) is 0 Å². The Morgan fingerprint density at radius 3 is 2.95 bits per heavy atom. The molecule has 0 atom stereocenters. The van der Waals surface area contributed by atoms with Crippen LogP contribution >= 0.6 is 11.3 Å². The molecule has 0 fully saturated rings. The Bertz CT molecular complexity index is 660. The lowest BCUT2D eigenvalue weighted by Gasteiger charge is -2.06. The van der Waals surface area contributed by atoms with Gasteiger partial charge in [0.25, 0.3) is 0 Å². The van der Waals surface area contributed by atoms with Crippen molar-refractivity contribution in [3.05, 3.63) is 50.0 Å². The highest BCUT2D eigenvalue weighted by molar-refractivity contribution is 7.09. The number of para-hydroxylation sites is 1. The van der Waals surface area contributed by atoms with Crippen molar-refractivity contribution in [2.45, 2.75) is 13.5 Å². The van der Waals surface area contributed by atoms with Gasteiger partial charge in [-0.25, -0.2) is 4.98 Å². The highest BCUT2D eigenvalue weighted by Gasteiger charge is 2.19. The van der Waals surface area contributed by atoms with E-state index in [1.807, 2.05) is 18.4 Å². The number of nitro groups is 1. The Morgan fingerprint density at radius 1 is 1.58 bits per heavy atom. The number of hydrogen-bond acceptors (Lipinski definition) is 6. The van der Waals surface area contributed by atoms with Crippen molar-refractivity contribution in [1.29, 1.82) is 5.26 Å². The molecule has 0 unspecified atom stereocenters. The van der Waals surface area contributed by atoms with E-state index in [9.17, 15) is 10.1 Å². The summed E-state index contributed by atoms with van der Waals surface area (Å²) in [5.41, 5.74) is 0.996. The van der Waals surface area contributed by atoms with Crippen LogP contribution < -0.4 is 5.32 Å². The fraction of sp³-hybridized carbons (Fsp3) is 0.167. The second-order valence-electron chi connectivity index (χ2n) is 3.78. The first kappa shape index (κ1) is 13.0. The third-order valence-corrected chi connectivity index (χ3v) is 3.29. The van der Waals surface area contributed by atoms with Crippen molar-refractivity contribution in [3.8, 4) is 6.07 Å². The molecule has 2 aromatic rings. The first-order valence-electron chi connectivity index (χ1n) is 5.44. The van der Waals surface area contributed by atoms with Gasteiger partial charge in [-0.3, -0.25) is 10.1 Å². The predicted octanol–water partition coefficient (Wildman–Crippen LogP) is 2.84. The third kappa shape index (κ3) is 2.86. The van der Waals surface area contributed by atoms with Gasteiger partial charge in [0, 0.05) is 5.38 Å². The zero-order valence-electron chi connectivity index (χ0n) is 10.1. The number of aryl methyl sites for hydroxylation is 1. The van der Waals surface area contributed by atoms with Gasteiger partial charge in [-0.1, -0.05) is 6.07 Å². The Morgan fingerprint density at radius 2 is 2.37 bits per heavy atom. The predicted molar refractivity (Wildman–Crippen MR) is 72.0 cm³/mol. The van der Waals surface area contributed by atoms with Crippen molar-refractivity contribution < 1.29 is 4.92 Å². The fourth-order valence-corrected chi connectivity index (χ4v) is 2.26. The Labute approximate surface area is 113 Å². The molecule has 19 heavy (non-hydrogen) atoms. The van der Waals surface area contributed by atoms with E-state index in [2.05, 4.69) is 10.3 Å². The first-order valence-corrected chi connectivity index (χ1v) is 6.32. The van der Waals surface area contributed by atoms with Crippen LogP contribution in [-0.2, 0) is 6.54 Å². The number of anilines is 1. The van der Waals surface area contributed by atoms with Crippen LogP contribution in [-0.4, -0.2) is 9.91 Å². The number of aromatic nitrogens is 1. The fourth-order valence-electron chi connectivity index (χ4n) is 1.65. The molecule has 6 nitrogen and oxygen atoms in total. The van der Waals surface area contributed by atoms with E-state index in [1.54, 1.807) is 12.1 Å². The lowest BCUT2D eigenvalue weighted by Crippen LogP contribution is -2.04. The number of nitrogens with zero attached hydrogens (tertiary/aromatic N) is 3. The first-order chi connectivity index (χ1) is 9.11. The Kier molecular flexibility index (Phi) is 3.73. The van der Waals surface area contributed by atoms with Crippen LogP contribution in [0.4, 0.5) is 11.4 Å². The van der Waals surface area contributed by atoms with Crippen molar-refractivity contribution in [2.24, 2.45) is 0 Å². The third-order valence-electron chi connectivity index (χ3n) is 2.47. The van der Waals surface area contributed by atoms with Crippen LogP contribution in [0.5, 0.6) is 0 Å². The number of nitriles is 1. The van der Waals surface area contributed by atoms with Crippen LogP contribution in [0, 0.1) is 28.4 Å². The van der Waals surface area contributed by atoms with Gasteiger partial charge in [0.05, 0.1) is 22.2 Å². The molecule has 0 saturated carbocycles. The topological polar surface area (TPSA) is 91.8 Å². The van der Waals surface area contributed by atoms with Gasteiger partial charge in [-0.15, -0.1) is 11.3 Å². The van der Waals surface area contributed by atoms with Crippen LogP contribution in [0.15, 0.2) is 23.6 Å². The molecule has 1 N–H and O–H groups in total. The summed E-state index contributed by atoms with van der Waals surface area (Å²) in [6, 6.07) is 6.44. The lowest BCUT2D eigenvalue weighted by molar-refractivity contribution is -0.384. The van der Waals surface area contributed by atoms with E-state index < -0.39 is 4.92 Å². The van der Waals surface area contributed by atoms with Gasteiger partial charge in [-0.2, -0.15) is 5.26 Å². The van der Waals surface area contributed by atoms with Crippen molar-refractivity contribution in [1.82, 2.24) is 4.98 Å². The van der Waals surface area contributed by atoms with E-state index in [1.165, 1.54) is 17.4 Å². The zero-order chi connectivity index (χ0) is 13.8. The maximum absolute atomic E-state index is 11.0. The van der Waals surface area contributed by atoms with E-state index in [0.717, 1.165) is 10.7 Å². The molecule has 0 aliphatic carbocycles. The highest BCUT2D eigenvalue weighted by Crippen LogP contribution is 2.28. The van der Waals surface area contributed by atoms with Crippen LogP contribution in [0.2, 0.25) is 0 Å². The minimum Gasteiger partial charge on any atom is -0.374 e. The number of hydrogen-bond donors (Lipinski definition) is 1. The molecule has 1 aromatic carbocycles. The summed E-state index contributed by atoms with van der Waals surface area (Å²) in [4.78, 5) is 14.7. The number of nitro benzene ring substituents is 1. The van der Waals surface area contributed by atoms with E-state index >= 15 is 0 Å². The number of benzene rings is 1. The summed E-state index contributed by atoms with van der Waals surface area (Å²) in [5.74, 6) is 0. The minimum absolute atomic E-state index is 0.0458. The summed E-state index contributed by atoms with van der Waals surface area (Å²) < 4.78 is 0. The molecule has 1 aromatic heterocycles. The molecule has 0 amide bonds. The maximum Gasteiger partial charge on any atom is 0.309 e. The Balaban J connectivity index is 2.25. The van der Waals surface area contributed by atoms with Gasteiger partial charge < -0.3 is 5.32 Å². The summed E-state index contributed by atoms with van der Waals surface area (Å²) in [7, 11) is 0. The van der Waals surface area contributed by atoms with E-state index in [4.69, 9.17) is 5.26 Å². The number of rotatable bonds is 4.